The average Bonchev–Trinajstić information content (AvgIpc) is 3.15. The zero-order valence-corrected chi connectivity index (χ0v) is 15.7. The van der Waals surface area contributed by atoms with Gasteiger partial charge in [0.1, 0.15) is 14.9 Å². The summed E-state index contributed by atoms with van der Waals surface area (Å²) in [7, 11) is 0. The predicted molar refractivity (Wildman–Crippen MR) is 99.2 cm³/mol. The third kappa shape index (κ3) is 3.63. The average molecular weight is 379 g/mol. The van der Waals surface area contributed by atoms with Crippen LogP contribution in [0.2, 0.25) is 5.02 Å². The summed E-state index contributed by atoms with van der Waals surface area (Å²) in [5, 5.41) is 13.7. The van der Waals surface area contributed by atoms with Gasteiger partial charge in [-0.05, 0) is 19.1 Å². The maximum Gasteiger partial charge on any atom is 0.269 e. The first-order valence-corrected chi connectivity index (χ1v) is 9.33. The van der Waals surface area contributed by atoms with Crippen LogP contribution in [0.15, 0.2) is 24.3 Å². The number of carbonyl (C=O) groups excluding carboxylic acids is 1. The largest absolute Gasteiger partial charge is 0.296 e. The number of aryl methyl sites for hydroxylation is 1. The minimum Gasteiger partial charge on any atom is -0.296 e. The van der Waals surface area contributed by atoms with Gasteiger partial charge in [0, 0.05) is 16.5 Å². The van der Waals surface area contributed by atoms with Crippen LogP contribution < -0.4 is 5.32 Å². The van der Waals surface area contributed by atoms with E-state index in [2.05, 4.69) is 20.5 Å². The van der Waals surface area contributed by atoms with E-state index in [1.54, 1.807) is 0 Å². The Morgan fingerprint density at radius 3 is 2.50 bits per heavy atom. The molecule has 0 aliphatic heterocycles. The number of rotatable bonds is 4. The zero-order chi connectivity index (χ0) is 17.3. The lowest BCUT2D eigenvalue weighted by atomic mass is 10.2. The van der Waals surface area contributed by atoms with Crippen molar-refractivity contribution in [3.8, 4) is 10.6 Å². The predicted octanol–water partition coefficient (Wildman–Crippen LogP) is 5.00. The fourth-order valence-electron chi connectivity index (χ4n) is 2.00. The van der Waals surface area contributed by atoms with Crippen LogP contribution >= 0.6 is 34.3 Å². The number of thiazole rings is 1. The number of hydrogen-bond donors (Lipinski definition) is 1. The molecule has 1 N–H and O–H groups in total. The summed E-state index contributed by atoms with van der Waals surface area (Å²) < 4.78 is 0. The SMILES string of the molecule is Cc1nc(-c2ccc(Cl)cc2)sc1C(=O)Nc1nnc(C(C)C)s1. The normalized spacial score (nSPS) is 11.0. The van der Waals surface area contributed by atoms with E-state index < -0.39 is 0 Å². The lowest BCUT2D eigenvalue weighted by Crippen LogP contribution is -2.11. The minimum atomic E-state index is -0.211. The Morgan fingerprint density at radius 2 is 1.88 bits per heavy atom. The van der Waals surface area contributed by atoms with Crippen molar-refractivity contribution in [3.63, 3.8) is 0 Å². The van der Waals surface area contributed by atoms with Gasteiger partial charge in [-0.15, -0.1) is 21.5 Å². The molecular formula is C16H15ClN4OS2. The first-order valence-electron chi connectivity index (χ1n) is 7.32. The minimum absolute atomic E-state index is 0.211. The number of nitrogens with one attached hydrogen (secondary N) is 1. The molecule has 5 nitrogen and oxygen atoms in total. The molecule has 3 rings (SSSR count). The van der Waals surface area contributed by atoms with E-state index >= 15 is 0 Å². The number of benzene rings is 1. The lowest BCUT2D eigenvalue weighted by Gasteiger charge is -1.98. The van der Waals surface area contributed by atoms with Crippen molar-refractivity contribution in [1.82, 2.24) is 15.2 Å². The molecule has 0 fully saturated rings. The molecule has 1 amide bonds. The third-order valence-corrected chi connectivity index (χ3v) is 5.85. The lowest BCUT2D eigenvalue weighted by molar-refractivity contribution is 0.102. The van der Waals surface area contributed by atoms with Crippen molar-refractivity contribution in [2.45, 2.75) is 26.7 Å². The second kappa shape index (κ2) is 6.96. The Hall–Kier alpha value is -1.83. The molecule has 0 bridgehead atoms. The second-order valence-electron chi connectivity index (χ2n) is 5.49. The highest BCUT2D eigenvalue weighted by Crippen LogP contribution is 2.30. The van der Waals surface area contributed by atoms with Gasteiger partial charge >= 0.3 is 0 Å². The van der Waals surface area contributed by atoms with Gasteiger partial charge < -0.3 is 0 Å². The first-order chi connectivity index (χ1) is 11.4. The Morgan fingerprint density at radius 1 is 1.17 bits per heavy atom. The zero-order valence-electron chi connectivity index (χ0n) is 13.3. The topological polar surface area (TPSA) is 67.8 Å². The molecule has 24 heavy (non-hydrogen) atoms. The van der Waals surface area contributed by atoms with Crippen LogP contribution in [-0.4, -0.2) is 21.1 Å². The molecule has 1 aromatic carbocycles. The maximum absolute atomic E-state index is 12.5. The van der Waals surface area contributed by atoms with Crippen LogP contribution in [0.3, 0.4) is 0 Å². The molecule has 0 aliphatic carbocycles. The Balaban J connectivity index is 1.81. The van der Waals surface area contributed by atoms with Crippen molar-refractivity contribution >= 4 is 45.3 Å². The van der Waals surface area contributed by atoms with Crippen LogP contribution in [0.5, 0.6) is 0 Å². The van der Waals surface area contributed by atoms with Gasteiger partial charge in [-0.25, -0.2) is 4.98 Å². The van der Waals surface area contributed by atoms with Crippen LogP contribution in [0, 0.1) is 6.92 Å². The highest BCUT2D eigenvalue weighted by atomic mass is 35.5. The van der Waals surface area contributed by atoms with Crippen molar-refractivity contribution in [2.24, 2.45) is 0 Å². The third-order valence-electron chi connectivity index (χ3n) is 3.25. The maximum atomic E-state index is 12.5. The summed E-state index contributed by atoms with van der Waals surface area (Å²) in [5.74, 6) is 0.0754. The molecular weight excluding hydrogens is 364 g/mol. The van der Waals surface area contributed by atoms with Gasteiger partial charge in [-0.3, -0.25) is 10.1 Å². The van der Waals surface area contributed by atoms with E-state index in [9.17, 15) is 4.79 Å². The smallest absolute Gasteiger partial charge is 0.269 e. The molecule has 0 aliphatic rings. The second-order valence-corrected chi connectivity index (χ2v) is 7.94. The number of halogens is 1. The number of anilines is 1. The van der Waals surface area contributed by atoms with E-state index in [0.29, 0.717) is 20.7 Å². The molecule has 8 heteroatoms. The van der Waals surface area contributed by atoms with Crippen LogP contribution in [-0.2, 0) is 0 Å². The molecule has 3 aromatic rings. The van der Waals surface area contributed by atoms with Crippen molar-refractivity contribution in [3.05, 3.63) is 44.9 Å². The summed E-state index contributed by atoms with van der Waals surface area (Å²) in [6.45, 7) is 5.90. The number of aromatic nitrogens is 3. The summed E-state index contributed by atoms with van der Waals surface area (Å²) in [5.41, 5.74) is 1.63. The molecule has 2 aromatic heterocycles. The molecule has 0 saturated heterocycles. The Bertz CT molecular complexity index is 871. The van der Waals surface area contributed by atoms with Gasteiger partial charge in [0.25, 0.3) is 5.91 Å². The van der Waals surface area contributed by atoms with Crippen LogP contribution in [0.4, 0.5) is 5.13 Å². The fourth-order valence-corrected chi connectivity index (χ4v) is 3.83. The fraction of sp³-hybridized carbons (Fsp3) is 0.250. The quantitative estimate of drug-likeness (QED) is 0.693. The molecule has 2 heterocycles. The van der Waals surface area contributed by atoms with Crippen molar-refractivity contribution in [2.75, 3.05) is 5.32 Å². The number of carbonyl (C=O) groups is 1. The Kier molecular flexibility index (Phi) is 4.93. The van der Waals surface area contributed by atoms with Crippen LogP contribution in [0.25, 0.3) is 10.6 Å². The number of hydrogen-bond acceptors (Lipinski definition) is 6. The molecule has 0 atom stereocenters. The van der Waals surface area contributed by atoms with E-state index in [0.717, 1.165) is 15.6 Å². The standard InChI is InChI=1S/C16H15ClN4OS2/c1-8(2)14-20-21-16(24-14)19-13(22)12-9(3)18-15(23-12)10-4-6-11(17)7-5-10/h4-8H,1-3H3,(H,19,21,22). The molecule has 0 saturated carbocycles. The van der Waals surface area contributed by atoms with E-state index in [1.165, 1.54) is 22.7 Å². The van der Waals surface area contributed by atoms with Gasteiger partial charge in [0.15, 0.2) is 0 Å². The molecule has 0 spiro atoms. The summed E-state index contributed by atoms with van der Waals surface area (Å²) in [6.07, 6.45) is 0. The van der Waals surface area contributed by atoms with E-state index in [-0.39, 0.29) is 11.8 Å². The van der Waals surface area contributed by atoms with E-state index in [1.807, 2.05) is 45.0 Å². The first kappa shape index (κ1) is 17.0. The summed E-state index contributed by atoms with van der Waals surface area (Å²) in [4.78, 5) is 17.5. The highest BCUT2D eigenvalue weighted by Gasteiger charge is 2.18. The van der Waals surface area contributed by atoms with Gasteiger partial charge in [-0.1, -0.05) is 48.9 Å². The Labute approximate surface area is 152 Å². The van der Waals surface area contributed by atoms with Gasteiger partial charge in [-0.2, -0.15) is 0 Å². The van der Waals surface area contributed by atoms with E-state index in [4.69, 9.17) is 11.6 Å². The molecule has 0 unspecified atom stereocenters. The summed E-state index contributed by atoms with van der Waals surface area (Å²) in [6, 6.07) is 7.40. The van der Waals surface area contributed by atoms with Gasteiger partial charge in [0.2, 0.25) is 5.13 Å². The van der Waals surface area contributed by atoms with Crippen molar-refractivity contribution < 1.29 is 4.79 Å². The molecule has 0 radical (unpaired) electrons. The van der Waals surface area contributed by atoms with Crippen LogP contribution in [0.1, 0.15) is 40.1 Å². The highest BCUT2D eigenvalue weighted by molar-refractivity contribution is 7.17. The summed E-state index contributed by atoms with van der Waals surface area (Å²) >= 11 is 8.65. The van der Waals surface area contributed by atoms with Gasteiger partial charge in [0.05, 0.1) is 5.69 Å². The monoisotopic (exact) mass is 378 g/mol. The molecule has 124 valence electrons. The van der Waals surface area contributed by atoms with Crippen molar-refractivity contribution in [1.29, 1.82) is 0 Å². The number of nitrogens with zero attached hydrogens (tertiary/aromatic N) is 3. The number of amides is 1.